The van der Waals surface area contributed by atoms with E-state index in [0.29, 0.717) is 0 Å². The van der Waals surface area contributed by atoms with Crippen LogP contribution in [0.3, 0.4) is 0 Å². The van der Waals surface area contributed by atoms with E-state index in [1.54, 1.807) is 0 Å². The second-order valence-corrected chi connectivity index (χ2v) is 4.50. The number of anilines is 1. The Hall–Kier alpha value is -1.48. The quantitative estimate of drug-likeness (QED) is 0.400. The van der Waals surface area contributed by atoms with Crippen molar-refractivity contribution in [3.05, 3.63) is 22.7 Å². The molecule has 8 nitrogen and oxygen atoms in total. The maximum atomic E-state index is 11.5. The predicted molar refractivity (Wildman–Crippen MR) is 60.3 cm³/mol. The van der Waals surface area contributed by atoms with Gasteiger partial charge in [0.2, 0.25) is 0 Å². The summed E-state index contributed by atoms with van der Waals surface area (Å²) in [7, 11) is 0. The van der Waals surface area contributed by atoms with Gasteiger partial charge in [-0.2, -0.15) is 4.98 Å². The van der Waals surface area contributed by atoms with E-state index in [0.717, 1.165) is 4.57 Å². The molecule has 0 radical (unpaired) electrons. The summed E-state index contributed by atoms with van der Waals surface area (Å²) in [6, 6.07) is 1.29. The first kappa shape index (κ1) is 13.0. The standard InChI is InChI=1S/C10H15N3O5/c11-6-1-2-13(9(17)12-6)8(16)10(18)3-5(4-14)7(10)15/h1-2,5,7-8,14-16,18H,3-4H2,(H2,11,12,17)/t5?,7?,8?,10-/m0/s1. The maximum absolute atomic E-state index is 11.5. The fourth-order valence-electron chi connectivity index (χ4n) is 2.18. The van der Waals surface area contributed by atoms with E-state index in [-0.39, 0.29) is 18.8 Å². The number of nitrogen functional groups attached to an aromatic ring is 1. The third-order valence-corrected chi connectivity index (χ3v) is 3.34. The van der Waals surface area contributed by atoms with Crippen molar-refractivity contribution in [3.8, 4) is 0 Å². The first-order valence-corrected chi connectivity index (χ1v) is 5.44. The Balaban J connectivity index is 2.27. The molecule has 4 atom stereocenters. The molecule has 3 unspecified atom stereocenters. The molecule has 1 aromatic rings. The van der Waals surface area contributed by atoms with Crippen molar-refractivity contribution in [1.29, 1.82) is 0 Å². The zero-order valence-corrected chi connectivity index (χ0v) is 9.47. The minimum Gasteiger partial charge on any atom is -0.396 e. The van der Waals surface area contributed by atoms with Crippen LogP contribution in [0.15, 0.2) is 17.1 Å². The Kier molecular flexibility index (Phi) is 3.11. The molecule has 100 valence electrons. The van der Waals surface area contributed by atoms with E-state index < -0.39 is 29.5 Å². The molecule has 1 fully saturated rings. The summed E-state index contributed by atoms with van der Waals surface area (Å²) in [5.74, 6) is -0.514. The van der Waals surface area contributed by atoms with Gasteiger partial charge in [0.1, 0.15) is 11.4 Å². The first-order valence-electron chi connectivity index (χ1n) is 5.44. The molecule has 1 aliphatic rings. The molecule has 18 heavy (non-hydrogen) atoms. The molecule has 1 heterocycles. The second kappa shape index (κ2) is 4.32. The second-order valence-electron chi connectivity index (χ2n) is 4.50. The number of aliphatic hydroxyl groups is 4. The molecule has 0 spiro atoms. The highest BCUT2D eigenvalue weighted by Gasteiger charge is 2.57. The molecule has 0 aliphatic heterocycles. The van der Waals surface area contributed by atoms with Crippen molar-refractivity contribution >= 4 is 5.82 Å². The maximum Gasteiger partial charge on any atom is 0.351 e. The van der Waals surface area contributed by atoms with Crippen LogP contribution in [0.5, 0.6) is 0 Å². The van der Waals surface area contributed by atoms with Gasteiger partial charge in [-0.05, 0) is 12.5 Å². The smallest absolute Gasteiger partial charge is 0.351 e. The van der Waals surface area contributed by atoms with Crippen molar-refractivity contribution in [2.75, 3.05) is 12.3 Å². The van der Waals surface area contributed by atoms with Crippen LogP contribution < -0.4 is 11.4 Å². The first-order chi connectivity index (χ1) is 8.40. The van der Waals surface area contributed by atoms with E-state index in [9.17, 15) is 20.1 Å². The van der Waals surface area contributed by atoms with Gasteiger partial charge >= 0.3 is 5.69 Å². The van der Waals surface area contributed by atoms with Gasteiger partial charge in [-0.3, -0.25) is 4.57 Å². The van der Waals surface area contributed by atoms with Crippen molar-refractivity contribution in [3.63, 3.8) is 0 Å². The van der Waals surface area contributed by atoms with Crippen LogP contribution >= 0.6 is 0 Å². The minimum atomic E-state index is -1.87. The molecular weight excluding hydrogens is 242 g/mol. The van der Waals surface area contributed by atoms with Crippen LogP contribution in [0, 0.1) is 5.92 Å². The lowest BCUT2D eigenvalue weighted by molar-refractivity contribution is -0.259. The summed E-state index contributed by atoms with van der Waals surface area (Å²) in [4.78, 5) is 14.9. The molecule has 1 aliphatic carbocycles. The summed E-state index contributed by atoms with van der Waals surface area (Å²) in [5.41, 5.74) is 2.61. The monoisotopic (exact) mass is 257 g/mol. The Labute approximate surface area is 102 Å². The van der Waals surface area contributed by atoms with Crippen molar-refractivity contribution < 1.29 is 20.4 Å². The Bertz CT molecular complexity index is 505. The minimum absolute atomic E-state index is 0.00201. The number of nitrogens with zero attached hydrogens (tertiary/aromatic N) is 2. The summed E-state index contributed by atoms with van der Waals surface area (Å²) in [5, 5.41) is 38.6. The van der Waals surface area contributed by atoms with Crippen LogP contribution in [0.2, 0.25) is 0 Å². The normalized spacial score (nSPS) is 32.9. The van der Waals surface area contributed by atoms with Gasteiger partial charge in [0, 0.05) is 18.7 Å². The van der Waals surface area contributed by atoms with E-state index in [4.69, 9.17) is 10.8 Å². The van der Waals surface area contributed by atoms with Gasteiger partial charge in [0.05, 0.1) is 6.10 Å². The summed E-state index contributed by atoms with van der Waals surface area (Å²) in [6.07, 6.45) is -1.77. The number of hydrogen-bond acceptors (Lipinski definition) is 7. The zero-order valence-electron chi connectivity index (χ0n) is 9.47. The number of rotatable bonds is 3. The lowest BCUT2D eigenvalue weighted by Gasteiger charge is -2.50. The highest BCUT2D eigenvalue weighted by molar-refractivity contribution is 5.23. The van der Waals surface area contributed by atoms with Crippen LogP contribution in [0.1, 0.15) is 12.6 Å². The highest BCUT2D eigenvalue weighted by Crippen LogP contribution is 2.43. The van der Waals surface area contributed by atoms with Crippen LogP contribution in [-0.2, 0) is 0 Å². The van der Waals surface area contributed by atoms with E-state index in [1.165, 1.54) is 12.3 Å². The summed E-state index contributed by atoms with van der Waals surface area (Å²) >= 11 is 0. The van der Waals surface area contributed by atoms with Gasteiger partial charge in [0.25, 0.3) is 0 Å². The zero-order chi connectivity index (χ0) is 13.5. The molecule has 0 bridgehead atoms. The topological polar surface area (TPSA) is 142 Å². The predicted octanol–water partition coefficient (Wildman–Crippen LogP) is -2.58. The lowest BCUT2D eigenvalue weighted by Crippen LogP contribution is -2.64. The lowest BCUT2D eigenvalue weighted by atomic mass is 9.67. The Morgan fingerprint density at radius 3 is 2.83 bits per heavy atom. The summed E-state index contributed by atoms with van der Waals surface area (Å²) < 4.78 is 0.785. The van der Waals surface area contributed by atoms with Crippen LogP contribution in [-0.4, -0.2) is 48.3 Å². The molecule has 2 rings (SSSR count). The van der Waals surface area contributed by atoms with Gasteiger partial charge in [-0.1, -0.05) is 0 Å². The van der Waals surface area contributed by atoms with E-state index in [2.05, 4.69) is 4.98 Å². The fourth-order valence-corrected chi connectivity index (χ4v) is 2.18. The summed E-state index contributed by atoms with van der Waals surface area (Å²) in [6.45, 7) is -0.301. The molecular formula is C10H15N3O5. The van der Waals surface area contributed by atoms with Gasteiger partial charge < -0.3 is 26.2 Å². The number of hydrogen-bond donors (Lipinski definition) is 5. The van der Waals surface area contributed by atoms with Gasteiger partial charge in [-0.25, -0.2) is 4.79 Å². The van der Waals surface area contributed by atoms with Crippen LogP contribution in [0.4, 0.5) is 5.82 Å². The SMILES string of the molecule is Nc1ccn(C(O)[C@]2(O)CC(CO)C2O)c(=O)n1. The largest absolute Gasteiger partial charge is 0.396 e. The fraction of sp³-hybridized carbons (Fsp3) is 0.600. The number of aliphatic hydroxyl groups excluding tert-OH is 3. The molecule has 1 aromatic heterocycles. The van der Waals surface area contributed by atoms with Crippen molar-refractivity contribution in [1.82, 2.24) is 9.55 Å². The molecule has 6 N–H and O–H groups in total. The van der Waals surface area contributed by atoms with E-state index in [1.807, 2.05) is 0 Å². The van der Waals surface area contributed by atoms with Crippen LogP contribution in [0.25, 0.3) is 0 Å². The molecule has 0 aromatic carbocycles. The van der Waals surface area contributed by atoms with Gasteiger partial charge in [-0.15, -0.1) is 0 Å². The average Bonchev–Trinajstić information content (AvgIpc) is 2.34. The molecule has 8 heteroatoms. The van der Waals surface area contributed by atoms with E-state index >= 15 is 0 Å². The van der Waals surface area contributed by atoms with Crippen molar-refractivity contribution in [2.45, 2.75) is 24.4 Å². The van der Waals surface area contributed by atoms with Crippen molar-refractivity contribution in [2.24, 2.45) is 5.92 Å². The van der Waals surface area contributed by atoms with Gasteiger partial charge in [0.15, 0.2) is 6.23 Å². The Morgan fingerprint density at radius 1 is 1.67 bits per heavy atom. The number of nitrogens with two attached hydrogens (primary N) is 1. The number of aromatic nitrogens is 2. The highest BCUT2D eigenvalue weighted by atomic mass is 16.4. The molecule has 1 saturated carbocycles. The third-order valence-electron chi connectivity index (χ3n) is 3.34. The molecule has 0 saturated heterocycles. The third kappa shape index (κ3) is 1.79. The Morgan fingerprint density at radius 2 is 2.33 bits per heavy atom. The molecule has 0 amide bonds. The average molecular weight is 257 g/mol.